The van der Waals surface area contributed by atoms with E-state index in [9.17, 15) is 4.79 Å². The quantitative estimate of drug-likeness (QED) is 0.792. The third-order valence-corrected chi connectivity index (χ3v) is 3.99. The average molecular weight is 312 g/mol. The van der Waals surface area contributed by atoms with Crippen molar-refractivity contribution in [3.8, 4) is 0 Å². The molecule has 0 aromatic carbocycles. The van der Waals surface area contributed by atoms with Gasteiger partial charge in [0.2, 0.25) is 5.91 Å². The van der Waals surface area contributed by atoms with Crippen LogP contribution in [0.25, 0.3) is 11.0 Å². The maximum atomic E-state index is 12.5. The molecule has 0 saturated carbocycles. The van der Waals surface area contributed by atoms with Gasteiger partial charge < -0.3 is 9.88 Å². The number of carbonyl (C=O) groups excluding carboxylic acids is 1. The van der Waals surface area contributed by atoms with Crippen LogP contribution in [0.15, 0.2) is 31.0 Å². The summed E-state index contributed by atoms with van der Waals surface area (Å²) < 4.78 is 3.54. The lowest BCUT2D eigenvalue weighted by Crippen LogP contribution is -2.43. The standard InChI is InChI=1S/C16H20N6O/c1-11-9-22(10-19-11)16(2,3)15(23)18-7-12-5-13-8-20-21(4)14(13)17-6-12/h5-6,8-10H,7H2,1-4H3,(H,18,23). The van der Waals surface area contributed by atoms with Crippen molar-refractivity contribution in [2.45, 2.75) is 32.9 Å². The molecule has 0 atom stereocenters. The van der Waals surface area contributed by atoms with Crippen LogP contribution in [-0.4, -0.2) is 30.2 Å². The van der Waals surface area contributed by atoms with Crippen molar-refractivity contribution in [1.29, 1.82) is 0 Å². The van der Waals surface area contributed by atoms with E-state index in [4.69, 9.17) is 0 Å². The van der Waals surface area contributed by atoms with Gasteiger partial charge >= 0.3 is 0 Å². The maximum Gasteiger partial charge on any atom is 0.245 e. The number of aromatic nitrogens is 5. The molecular weight excluding hydrogens is 292 g/mol. The molecule has 7 heteroatoms. The molecule has 0 unspecified atom stereocenters. The highest BCUT2D eigenvalue weighted by Crippen LogP contribution is 2.17. The number of carbonyl (C=O) groups is 1. The minimum absolute atomic E-state index is 0.0683. The fraction of sp³-hybridized carbons (Fsp3) is 0.375. The van der Waals surface area contributed by atoms with Crippen LogP contribution in [0.2, 0.25) is 0 Å². The molecular formula is C16H20N6O. The van der Waals surface area contributed by atoms with E-state index in [1.807, 2.05) is 44.6 Å². The van der Waals surface area contributed by atoms with Crippen LogP contribution in [-0.2, 0) is 23.9 Å². The summed E-state index contributed by atoms with van der Waals surface area (Å²) >= 11 is 0. The highest BCUT2D eigenvalue weighted by Gasteiger charge is 2.29. The van der Waals surface area contributed by atoms with Crippen LogP contribution in [0.3, 0.4) is 0 Å². The predicted molar refractivity (Wildman–Crippen MR) is 86.6 cm³/mol. The molecule has 0 aliphatic carbocycles. The van der Waals surface area contributed by atoms with Crippen molar-refractivity contribution >= 4 is 16.9 Å². The van der Waals surface area contributed by atoms with Gasteiger partial charge in [0.15, 0.2) is 5.65 Å². The molecule has 1 amide bonds. The van der Waals surface area contributed by atoms with E-state index >= 15 is 0 Å². The molecule has 3 aromatic rings. The third kappa shape index (κ3) is 2.81. The topological polar surface area (TPSA) is 77.6 Å². The van der Waals surface area contributed by atoms with E-state index in [-0.39, 0.29) is 5.91 Å². The average Bonchev–Trinajstić information content (AvgIpc) is 3.11. The number of nitrogens with zero attached hydrogens (tertiary/aromatic N) is 5. The fourth-order valence-corrected chi connectivity index (χ4v) is 2.43. The maximum absolute atomic E-state index is 12.5. The second kappa shape index (κ2) is 5.49. The number of imidazole rings is 1. The van der Waals surface area contributed by atoms with E-state index in [0.29, 0.717) is 6.54 Å². The smallest absolute Gasteiger partial charge is 0.245 e. The number of rotatable bonds is 4. The van der Waals surface area contributed by atoms with Crippen LogP contribution in [0.5, 0.6) is 0 Å². The molecule has 23 heavy (non-hydrogen) atoms. The molecule has 0 aliphatic rings. The lowest BCUT2D eigenvalue weighted by molar-refractivity contribution is -0.128. The predicted octanol–water partition coefficient (Wildman–Crippen LogP) is 1.52. The molecule has 0 aliphatic heterocycles. The summed E-state index contributed by atoms with van der Waals surface area (Å²) in [6.07, 6.45) is 7.07. The van der Waals surface area contributed by atoms with E-state index in [2.05, 4.69) is 20.4 Å². The van der Waals surface area contributed by atoms with Gasteiger partial charge in [0.1, 0.15) is 5.54 Å². The lowest BCUT2D eigenvalue weighted by atomic mass is 10.0. The Morgan fingerprint density at radius 3 is 2.78 bits per heavy atom. The minimum atomic E-state index is -0.701. The van der Waals surface area contributed by atoms with Crippen LogP contribution in [0.4, 0.5) is 0 Å². The van der Waals surface area contributed by atoms with Crippen molar-refractivity contribution in [3.05, 3.63) is 42.2 Å². The second-order valence-corrected chi connectivity index (χ2v) is 6.19. The van der Waals surface area contributed by atoms with Gasteiger partial charge in [-0.25, -0.2) is 9.97 Å². The summed E-state index contributed by atoms with van der Waals surface area (Å²) in [5.74, 6) is -0.0683. The second-order valence-electron chi connectivity index (χ2n) is 6.19. The van der Waals surface area contributed by atoms with Gasteiger partial charge in [0, 0.05) is 31.4 Å². The number of pyridine rings is 1. The fourth-order valence-electron chi connectivity index (χ4n) is 2.43. The number of nitrogens with one attached hydrogen (secondary N) is 1. The molecule has 0 fully saturated rings. The molecule has 0 bridgehead atoms. The molecule has 3 heterocycles. The molecule has 3 rings (SSSR count). The van der Waals surface area contributed by atoms with Gasteiger partial charge in [0.25, 0.3) is 0 Å². The van der Waals surface area contributed by atoms with Crippen LogP contribution in [0, 0.1) is 6.92 Å². The van der Waals surface area contributed by atoms with E-state index in [1.165, 1.54) is 0 Å². The molecule has 7 nitrogen and oxygen atoms in total. The Labute approximate surface area is 134 Å². The number of hydrogen-bond donors (Lipinski definition) is 1. The largest absolute Gasteiger partial charge is 0.350 e. The molecule has 3 aromatic heterocycles. The number of aryl methyl sites for hydroxylation is 2. The van der Waals surface area contributed by atoms with Crippen LogP contribution < -0.4 is 5.32 Å². The molecule has 0 radical (unpaired) electrons. The Hall–Kier alpha value is -2.70. The van der Waals surface area contributed by atoms with Crippen molar-refractivity contribution < 1.29 is 4.79 Å². The molecule has 0 spiro atoms. The van der Waals surface area contributed by atoms with Gasteiger partial charge in [-0.05, 0) is 32.4 Å². The van der Waals surface area contributed by atoms with Crippen LogP contribution >= 0.6 is 0 Å². The summed E-state index contributed by atoms with van der Waals surface area (Å²) in [5, 5.41) is 8.10. The summed E-state index contributed by atoms with van der Waals surface area (Å²) in [7, 11) is 1.85. The first-order valence-corrected chi connectivity index (χ1v) is 7.44. The Morgan fingerprint density at radius 1 is 1.30 bits per heavy atom. The first-order chi connectivity index (χ1) is 10.9. The number of fused-ring (bicyclic) bond motifs is 1. The lowest BCUT2D eigenvalue weighted by Gasteiger charge is -2.25. The Balaban J connectivity index is 1.72. The molecule has 0 saturated heterocycles. The first kappa shape index (κ1) is 15.2. The third-order valence-electron chi connectivity index (χ3n) is 3.99. The monoisotopic (exact) mass is 312 g/mol. The zero-order valence-electron chi connectivity index (χ0n) is 13.7. The van der Waals surface area contributed by atoms with Crippen molar-refractivity contribution in [2.75, 3.05) is 0 Å². The van der Waals surface area contributed by atoms with Gasteiger partial charge in [-0.2, -0.15) is 5.10 Å². The first-order valence-electron chi connectivity index (χ1n) is 7.44. The van der Waals surface area contributed by atoms with E-state index < -0.39 is 5.54 Å². The van der Waals surface area contributed by atoms with Gasteiger partial charge in [0.05, 0.1) is 18.2 Å². The highest BCUT2D eigenvalue weighted by atomic mass is 16.2. The van der Waals surface area contributed by atoms with Gasteiger partial charge in [-0.3, -0.25) is 9.48 Å². The zero-order chi connectivity index (χ0) is 16.6. The Bertz CT molecular complexity index is 860. The van der Waals surface area contributed by atoms with Gasteiger partial charge in [-0.1, -0.05) is 0 Å². The van der Waals surface area contributed by atoms with Crippen molar-refractivity contribution in [1.82, 2.24) is 29.6 Å². The highest BCUT2D eigenvalue weighted by molar-refractivity contribution is 5.83. The number of amides is 1. The summed E-state index contributed by atoms with van der Waals surface area (Å²) in [6.45, 7) is 6.06. The summed E-state index contributed by atoms with van der Waals surface area (Å²) in [4.78, 5) is 21.1. The Kier molecular flexibility index (Phi) is 3.63. The number of hydrogen-bond acceptors (Lipinski definition) is 4. The molecule has 1 N–H and O–H groups in total. The minimum Gasteiger partial charge on any atom is -0.350 e. The van der Waals surface area contributed by atoms with E-state index in [0.717, 1.165) is 22.3 Å². The summed E-state index contributed by atoms with van der Waals surface area (Å²) in [6, 6.07) is 1.99. The normalized spacial score (nSPS) is 11.8. The summed E-state index contributed by atoms with van der Waals surface area (Å²) in [5.41, 5.74) is 1.95. The van der Waals surface area contributed by atoms with Crippen molar-refractivity contribution in [2.24, 2.45) is 7.05 Å². The Morgan fingerprint density at radius 2 is 2.09 bits per heavy atom. The van der Waals surface area contributed by atoms with Crippen LogP contribution in [0.1, 0.15) is 25.1 Å². The zero-order valence-corrected chi connectivity index (χ0v) is 13.7. The molecule has 120 valence electrons. The van der Waals surface area contributed by atoms with E-state index in [1.54, 1.807) is 23.4 Å². The van der Waals surface area contributed by atoms with Crippen molar-refractivity contribution in [3.63, 3.8) is 0 Å². The van der Waals surface area contributed by atoms with Gasteiger partial charge in [-0.15, -0.1) is 0 Å². The SMILES string of the molecule is Cc1cn(C(C)(C)C(=O)NCc2cnc3c(cnn3C)c2)cn1.